The SMILES string of the molecule is CCc1ccc(CC(C)(N)c2ccc(F)cn2)nc1. The minimum atomic E-state index is -0.658. The first-order chi connectivity index (χ1) is 9.01. The number of nitrogens with two attached hydrogens (primary N) is 1. The van der Waals surface area contributed by atoms with Crippen molar-refractivity contribution >= 4 is 0 Å². The Kier molecular flexibility index (Phi) is 3.90. The van der Waals surface area contributed by atoms with Crippen LogP contribution in [0.2, 0.25) is 0 Å². The van der Waals surface area contributed by atoms with E-state index in [0.29, 0.717) is 12.1 Å². The third-order valence-electron chi connectivity index (χ3n) is 3.16. The lowest BCUT2D eigenvalue weighted by Crippen LogP contribution is -2.36. The van der Waals surface area contributed by atoms with E-state index in [1.54, 1.807) is 6.07 Å². The molecule has 2 rings (SSSR count). The van der Waals surface area contributed by atoms with Crippen LogP contribution < -0.4 is 5.73 Å². The van der Waals surface area contributed by atoms with E-state index in [9.17, 15) is 4.39 Å². The third-order valence-corrected chi connectivity index (χ3v) is 3.16. The quantitative estimate of drug-likeness (QED) is 0.918. The topological polar surface area (TPSA) is 51.8 Å². The van der Waals surface area contributed by atoms with E-state index < -0.39 is 5.54 Å². The predicted molar refractivity (Wildman–Crippen MR) is 73.1 cm³/mol. The molecule has 0 aliphatic heterocycles. The van der Waals surface area contributed by atoms with Gasteiger partial charge in [-0.1, -0.05) is 13.0 Å². The van der Waals surface area contributed by atoms with Crippen LogP contribution in [0.25, 0.3) is 0 Å². The lowest BCUT2D eigenvalue weighted by atomic mass is 9.92. The number of hydrogen-bond acceptors (Lipinski definition) is 3. The van der Waals surface area contributed by atoms with Crippen LogP contribution in [0.4, 0.5) is 4.39 Å². The summed E-state index contributed by atoms with van der Waals surface area (Å²) < 4.78 is 12.9. The normalized spacial score (nSPS) is 14.1. The number of aryl methyl sites for hydroxylation is 1. The highest BCUT2D eigenvalue weighted by Crippen LogP contribution is 2.20. The summed E-state index contributed by atoms with van der Waals surface area (Å²) in [5.74, 6) is -0.357. The molecular weight excluding hydrogens is 241 g/mol. The molecule has 0 saturated heterocycles. The van der Waals surface area contributed by atoms with Crippen LogP contribution in [-0.4, -0.2) is 9.97 Å². The Hall–Kier alpha value is -1.81. The van der Waals surface area contributed by atoms with Crippen molar-refractivity contribution in [1.29, 1.82) is 0 Å². The lowest BCUT2D eigenvalue weighted by molar-refractivity contribution is 0.467. The van der Waals surface area contributed by atoms with Gasteiger partial charge in [0.15, 0.2) is 0 Å². The molecule has 1 atom stereocenters. The minimum Gasteiger partial charge on any atom is -0.320 e. The molecule has 1 unspecified atom stereocenters. The predicted octanol–water partition coefficient (Wildman–Crippen LogP) is 2.59. The Morgan fingerprint density at radius 2 is 1.95 bits per heavy atom. The second-order valence-corrected chi connectivity index (χ2v) is 4.97. The summed E-state index contributed by atoms with van der Waals surface area (Å²) in [6.45, 7) is 3.97. The van der Waals surface area contributed by atoms with Crippen LogP contribution in [0, 0.1) is 5.82 Å². The zero-order valence-electron chi connectivity index (χ0n) is 11.2. The average Bonchev–Trinajstić information content (AvgIpc) is 2.40. The first-order valence-corrected chi connectivity index (χ1v) is 6.36. The van der Waals surface area contributed by atoms with Gasteiger partial charge in [-0.2, -0.15) is 0 Å². The van der Waals surface area contributed by atoms with Crippen molar-refractivity contribution in [3.8, 4) is 0 Å². The van der Waals surface area contributed by atoms with Crippen molar-refractivity contribution in [2.75, 3.05) is 0 Å². The summed E-state index contributed by atoms with van der Waals surface area (Å²) in [5.41, 5.74) is 8.38. The lowest BCUT2D eigenvalue weighted by Gasteiger charge is -2.23. The van der Waals surface area contributed by atoms with E-state index in [4.69, 9.17) is 5.73 Å². The molecule has 2 N–H and O–H groups in total. The number of rotatable bonds is 4. The summed E-state index contributed by atoms with van der Waals surface area (Å²) in [4.78, 5) is 8.45. The molecule has 0 radical (unpaired) electrons. The van der Waals surface area contributed by atoms with Gasteiger partial charge >= 0.3 is 0 Å². The maximum atomic E-state index is 12.9. The maximum Gasteiger partial charge on any atom is 0.141 e. The van der Waals surface area contributed by atoms with Crippen LogP contribution in [0.1, 0.15) is 30.8 Å². The molecule has 0 fully saturated rings. The number of nitrogens with zero attached hydrogens (tertiary/aromatic N) is 2. The van der Waals surface area contributed by atoms with Gasteiger partial charge in [-0.05, 0) is 37.1 Å². The van der Waals surface area contributed by atoms with Gasteiger partial charge in [-0.25, -0.2) is 4.39 Å². The van der Waals surface area contributed by atoms with Crippen molar-refractivity contribution in [1.82, 2.24) is 9.97 Å². The third kappa shape index (κ3) is 3.35. The Labute approximate surface area is 112 Å². The standard InChI is InChI=1S/C15H18FN3/c1-3-11-4-6-13(18-9-11)8-15(2,17)14-7-5-12(16)10-19-14/h4-7,9-10H,3,8,17H2,1-2H3. The van der Waals surface area contributed by atoms with Crippen LogP contribution >= 0.6 is 0 Å². The minimum absolute atomic E-state index is 0.357. The molecule has 0 aliphatic carbocycles. The van der Waals surface area contributed by atoms with Crippen LogP contribution in [0.5, 0.6) is 0 Å². The molecule has 19 heavy (non-hydrogen) atoms. The highest BCUT2D eigenvalue weighted by atomic mass is 19.1. The summed E-state index contributed by atoms with van der Waals surface area (Å²) in [6, 6.07) is 7.03. The maximum absolute atomic E-state index is 12.9. The monoisotopic (exact) mass is 259 g/mol. The number of pyridine rings is 2. The van der Waals surface area contributed by atoms with Gasteiger partial charge in [0.2, 0.25) is 0 Å². The Morgan fingerprint density at radius 3 is 2.47 bits per heavy atom. The van der Waals surface area contributed by atoms with Gasteiger partial charge < -0.3 is 5.73 Å². The molecule has 0 spiro atoms. The van der Waals surface area contributed by atoms with Gasteiger partial charge in [0.05, 0.1) is 17.4 Å². The molecule has 3 nitrogen and oxygen atoms in total. The fourth-order valence-corrected chi connectivity index (χ4v) is 1.95. The molecule has 0 aromatic carbocycles. The molecule has 0 bridgehead atoms. The molecular formula is C15H18FN3. The largest absolute Gasteiger partial charge is 0.320 e. The number of hydrogen-bond donors (Lipinski definition) is 1. The summed E-state index contributed by atoms with van der Waals surface area (Å²) in [7, 11) is 0. The van der Waals surface area contributed by atoms with E-state index in [0.717, 1.165) is 12.1 Å². The first-order valence-electron chi connectivity index (χ1n) is 6.36. The first kappa shape index (κ1) is 13.6. The zero-order chi connectivity index (χ0) is 13.9. The molecule has 0 saturated carbocycles. The zero-order valence-corrected chi connectivity index (χ0v) is 11.2. The second kappa shape index (κ2) is 5.45. The van der Waals surface area contributed by atoms with Crippen molar-refractivity contribution in [2.45, 2.75) is 32.2 Å². The van der Waals surface area contributed by atoms with Crippen LogP contribution in [0.3, 0.4) is 0 Å². The van der Waals surface area contributed by atoms with E-state index in [1.165, 1.54) is 17.8 Å². The number of halogens is 1. The van der Waals surface area contributed by atoms with E-state index in [-0.39, 0.29) is 5.82 Å². The van der Waals surface area contributed by atoms with Crippen LogP contribution in [0.15, 0.2) is 36.7 Å². The van der Waals surface area contributed by atoms with Gasteiger partial charge in [0.1, 0.15) is 5.82 Å². The summed E-state index contributed by atoms with van der Waals surface area (Å²) >= 11 is 0. The fraction of sp³-hybridized carbons (Fsp3) is 0.333. The molecule has 4 heteroatoms. The number of aromatic nitrogens is 2. The van der Waals surface area contributed by atoms with E-state index in [2.05, 4.69) is 23.0 Å². The average molecular weight is 259 g/mol. The Balaban J connectivity index is 2.17. The molecule has 2 heterocycles. The molecule has 0 amide bonds. The van der Waals surface area contributed by atoms with E-state index >= 15 is 0 Å². The smallest absolute Gasteiger partial charge is 0.141 e. The molecule has 100 valence electrons. The highest BCUT2D eigenvalue weighted by Gasteiger charge is 2.23. The molecule has 2 aromatic rings. The second-order valence-electron chi connectivity index (χ2n) is 4.97. The van der Waals surface area contributed by atoms with Gasteiger partial charge in [-0.3, -0.25) is 9.97 Å². The molecule has 2 aromatic heterocycles. The van der Waals surface area contributed by atoms with Crippen molar-refractivity contribution in [2.24, 2.45) is 5.73 Å². The van der Waals surface area contributed by atoms with Gasteiger partial charge in [0, 0.05) is 18.3 Å². The van der Waals surface area contributed by atoms with E-state index in [1.807, 2.05) is 19.2 Å². The van der Waals surface area contributed by atoms with Crippen LogP contribution in [-0.2, 0) is 18.4 Å². The summed E-state index contributed by atoms with van der Waals surface area (Å²) in [6.07, 6.45) is 4.58. The Bertz CT molecular complexity index is 532. The fourth-order valence-electron chi connectivity index (χ4n) is 1.95. The highest BCUT2D eigenvalue weighted by molar-refractivity contribution is 5.20. The summed E-state index contributed by atoms with van der Waals surface area (Å²) in [5, 5.41) is 0. The van der Waals surface area contributed by atoms with Gasteiger partial charge in [-0.15, -0.1) is 0 Å². The van der Waals surface area contributed by atoms with Crippen molar-refractivity contribution in [3.63, 3.8) is 0 Å². The Morgan fingerprint density at radius 1 is 1.16 bits per heavy atom. The van der Waals surface area contributed by atoms with Gasteiger partial charge in [0.25, 0.3) is 0 Å². The van der Waals surface area contributed by atoms with Crippen molar-refractivity contribution in [3.05, 3.63) is 59.4 Å². The molecule has 0 aliphatic rings. The van der Waals surface area contributed by atoms with Crippen molar-refractivity contribution < 1.29 is 4.39 Å².